The Morgan fingerprint density at radius 1 is 1.10 bits per heavy atom. The molecule has 1 aromatic carbocycles. The Balaban J connectivity index is 2.54. The van der Waals surface area contributed by atoms with Crippen LogP contribution in [0.15, 0.2) is 29.2 Å². The number of hydrogen-bond acceptors (Lipinski definition) is 5. The maximum Gasteiger partial charge on any atom is 0.183 e. The van der Waals surface area contributed by atoms with Crippen molar-refractivity contribution in [2.24, 2.45) is 0 Å². The summed E-state index contributed by atoms with van der Waals surface area (Å²) in [6.45, 7) is 3.43. The Kier molecular flexibility index (Phi) is 7.02. The molecule has 0 fully saturated rings. The van der Waals surface area contributed by atoms with E-state index in [4.69, 9.17) is 9.47 Å². The fraction of sp³-hybridized carbons (Fsp3) is 0.571. The lowest BCUT2D eigenvalue weighted by molar-refractivity contribution is -0.106. The van der Waals surface area contributed by atoms with Gasteiger partial charge in [0.25, 0.3) is 0 Å². The lowest BCUT2D eigenvalue weighted by Crippen LogP contribution is -2.18. The Labute approximate surface area is 125 Å². The lowest BCUT2D eigenvalue weighted by Gasteiger charge is -2.13. The molecule has 0 spiro atoms. The van der Waals surface area contributed by atoms with Gasteiger partial charge in [-0.3, -0.25) is 0 Å². The van der Waals surface area contributed by atoms with Gasteiger partial charge in [0, 0.05) is 30.4 Å². The molecular weight excluding hydrogens is 296 g/mol. The third-order valence-electron chi connectivity index (χ3n) is 2.94. The van der Waals surface area contributed by atoms with Crippen LogP contribution in [-0.4, -0.2) is 39.4 Å². The van der Waals surface area contributed by atoms with Gasteiger partial charge in [0.05, 0.1) is 11.0 Å². The van der Waals surface area contributed by atoms with Crippen LogP contribution >= 0.6 is 11.8 Å². The van der Waals surface area contributed by atoms with Crippen LogP contribution in [0, 0.1) is 0 Å². The topological polar surface area (TPSA) is 52.6 Å². The summed E-state index contributed by atoms with van der Waals surface area (Å²) in [6, 6.07) is 7.76. The minimum absolute atomic E-state index is 0.204. The van der Waals surface area contributed by atoms with Gasteiger partial charge in [-0.15, -0.1) is 11.8 Å². The lowest BCUT2D eigenvalue weighted by atomic mass is 10.2. The predicted molar refractivity (Wildman–Crippen MR) is 82.8 cm³/mol. The second-order valence-electron chi connectivity index (χ2n) is 4.64. The van der Waals surface area contributed by atoms with Gasteiger partial charge in [0.15, 0.2) is 16.1 Å². The van der Waals surface area contributed by atoms with E-state index in [1.807, 2.05) is 24.3 Å². The van der Waals surface area contributed by atoms with Crippen LogP contribution in [0.5, 0.6) is 0 Å². The van der Waals surface area contributed by atoms with Crippen LogP contribution in [0.3, 0.4) is 0 Å². The zero-order chi connectivity index (χ0) is 15.2. The molecule has 0 amide bonds. The van der Waals surface area contributed by atoms with Gasteiger partial charge >= 0.3 is 0 Å². The number of methoxy groups -OCH3 is 2. The zero-order valence-electron chi connectivity index (χ0n) is 12.3. The highest BCUT2D eigenvalue weighted by molar-refractivity contribution is 8.00. The molecule has 1 aromatic rings. The summed E-state index contributed by atoms with van der Waals surface area (Å²) in [7, 11) is 0.223. The number of benzene rings is 1. The highest BCUT2D eigenvalue weighted by Gasteiger charge is 2.15. The van der Waals surface area contributed by atoms with Crippen LogP contribution in [0.2, 0.25) is 0 Å². The molecule has 6 heteroatoms. The first-order valence-electron chi connectivity index (χ1n) is 6.40. The molecule has 0 saturated heterocycles. The summed E-state index contributed by atoms with van der Waals surface area (Å²) in [5.41, 5.74) is 0.939. The molecule has 0 aliphatic rings. The van der Waals surface area contributed by atoms with Crippen LogP contribution in [0.1, 0.15) is 25.7 Å². The first kappa shape index (κ1) is 17.5. The number of ether oxygens (including phenoxy) is 2. The summed E-state index contributed by atoms with van der Waals surface area (Å²) in [4.78, 5) is 1.04. The van der Waals surface area contributed by atoms with E-state index < -0.39 is 9.84 Å². The van der Waals surface area contributed by atoms with Gasteiger partial charge in [-0.25, -0.2) is 8.42 Å². The van der Waals surface area contributed by atoms with E-state index in [0.717, 1.165) is 10.5 Å². The Morgan fingerprint density at radius 3 is 2.10 bits per heavy atom. The average molecular weight is 318 g/mol. The van der Waals surface area contributed by atoms with Crippen molar-refractivity contribution >= 4 is 21.6 Å². The zero-order valence-corrected chi connectivity index (χ0v) is 14.0. The smallest absolute Gasteiger partial charge is 0.183 e. The minimum atomic E-state index is -2.96. The van der Waals surface area contributed by atoms with E-state index in [9.17, 15) is 8.42 Å². The van der Waals surface area contributed by atoms with Gasteiger partial charge in [-0.2, -0.15) is 0 Å². The van der Waals surface area contributed by atoms with Crippen LogP contribution < -0.4 is 0 Å². The van der Waals surface area contributed by atoms with E-state index in [1.54, 1.807) is 28.1 Å². The van der Waals surface area contributed by atoms with Crippen molar-refractivity contribution in [1.29, 1.82) is 0 Å². The summed E-state index contributed by atoms with van der Waals surface area (Å²) in [5.74, 6) is 0.772. The summed E-state index contributed by atoms with van der Waals surface area (Å²) in [6.07, 6.45) is -0.365. The second-order valence-corrected chi connectivity index (χ2v) is 8.48. The van der Waals surface area contributed by atoms with Crippen molar-refractivity contribution in [3.63, 3.8) is 0 Å². The molecule has 1 rings (SSSR count). The Morgan fingerprint density at radius 2 is 1.65 bits per heavy atom. The molecular formula is C14H22O4S2. The van der Waals surface area contributed by atoms with Crippen molar-refractivity contribution in [3.8, 4) is 0 Å². The van der Waals surface area contributed by atoms with E-state index in [1.165, 1.54) is 11.8 Å². The third-order valence-corrected chi connectivity index (χ3v) is 6.42. The first-order chi connectivity index (χ1) is 9.40. The maximum absolute atomic E-state index is 11.7. The maximum atomic E-state index is 11.7. The number of sulfone groups is 1. The number of thioether (sulfide) groups is 1. The SMILES string of the molecule is COC(OC)c1ccc(SCCS(=O)(=O)C(C)C)cc1. The van der Waals surface area contributed by atoms with Crippen LogP contribution in [0.25, 0.3) is 0 Å². The number of rotatable bonds is 8. The van der Waals surface area contributed by atoms with Crippen molar-refractivity contribution < 1.29 is 17.9 Å². The van der Waals surface area contributed by atoms with E-state index >= 15 is 0 Å². The molecule has 20 heavy (non-hydrogen) atoms. The van der Waals surface area contributed by atoms with Gasteiger partial charge in [-0.1, -0.05) is 12.1 Å². The molecule has 0 bridgehead atoms. The van der Waals surface area contributed by atoms with E-state index in [0.29, 0.717) is 5.75 Å². The van der Waals surface area contributed by atoms with Gasteiger partial charge in [0.2, 0.25) is 0 Å². The summed E-state index contributed by atoms with van der Waals surface area (Å²) < 4.78 is 33.7. The molecule has 0 aliphatic heterocycles. The highest BCUT2D eigenvalue weighted by Crippen LogP contribution is 2.23. The van der Waals surface area contributed by atoms with Crippen molar-refractivity contribution in [2.75, 3.05) is 25.7 Å². The summed E-state index contributed by atoms with van der Waals surface area (Å²) >= 11 is 1.54. The molecule has 0 radical (unpaired) electrons. The Hall–Kier alpha value is -0.560. The van der Waals surface area contributed by atoms with Crippen molar-refractivity contribution in [1.82, 2.24) is 0 Å². The molecule has 0 N–H and O–H groups in total. The quantitative estimate of drug-likeness (QED) is 0.545. The fourth-order valence-corrected chi connectivity index (χ4v) is 3.90. The normalized spacial score (nSPS) is 12.3. The molecule has 0 saturated carbocycles. The van der Waals surface area contributed by atoms with Gasteiger partial charge < -0.3 is 9.47 Å². The van der Waals surface area contributed by atoms with Crippen LogP contribution in [0.4, 0.5) is 0 Å². The van der Waals surface area contributed by atoms with Gasteiger partial charge in [0.1, 0.15) is 0 Å². The van der Waals surface area contributed by atoms with E-state index in [2.05, 4.69) is 0 Å². The molecule has 0 aliphatic carbocycles. The highest BCUT2D eigenvalue weighted by atomic mass is 32.2. The molecule has 0 aromatic heterocycles. The predicted octanol–water partition coefficient (Wildman–Crippen LogP) is 2.89. The number of hydrogen-bond donors (Lipinski definition) is 0. The molecule has 0 unspecified atom stereocenters. The van der Waals surface area contributed by atoms with Crippen LogP contribution in [-0.2, 0) is 19.3 Å². The van der Waals surface area contributed by atoms with Crippen molar-refractivity contribution in [3.05, 3.63) is 29.8 Å². The second kappa shape index (κ2) is 8.02. The standard InChI is InChI=1S/C14H22O4S2/c1-11(2)20(15,16)10-9-19-13-7-5-12(6-8-13)14(17-3)18-4/h5-8,11,14H,9-10H2,1-4H3. The monoisotopic (exact) mass is 318 g/mol. The largest absolute Gasteiger partial charge is 0.352 e. The molecule has 4 nitrogen and oxygen atoms in total. The third kappa shape index (κ3) is 5.09. The van der Waals surface area contributed by atoms with Crippen molar-refractivity contribution in [2.45, 2.75) is 30.3 Å². The van der Waals surface area contributed by atoms with Gasteiger partial charge in [-0.05, 0) is 26.0 Å². The average Bonchev–Trinajstić information content (AvgIpc) is 2.41. The summed E-state index contributed by atoms with van der Waals surface area (Å²) in [5, 5.41) is -0.311. The molecule has 0 heterocycles. The molecule has 0 atom stereocenters. The fourth-order valence-electron chi connectivity index (χ4n) is 1.60. The van der Waals surface area contributed by atoms with E-state index in [-0.39, 0.29) is 17.3 Å². The minimum Gasteiger partial charge on any atom is -0.352 e. The first-order valence-corrected chi connectivity index (χ1v) is 9.10. The Bertz CT molecular complexity index is 490. The molecule has 114 valence electrons.